The van der Waals surface area contributed by atoms with Crippen LogP contribution >= 0.6 is 0 Å². The van der Waals surface area contributed by atoms with Gasteiger partial charge in [-0.15, -0.1) is 5.10 Å². The van der Waals surface area contributed by atoms with Crippen LogP contribution in [-0.4, -0.2) is 33.5 Å². The Labute approximate surface area is 194 Å². The molecule has 0 atom stereocenters. The highest BCUT2D eigenvalue weighted by Gasteiger charge is 2.13. The highest BCUT2D eigenvalue weighted by Crippen LogP contribution is 2.29. The fourth-order valence-electron chi connectivity index (χ4n) is 3.16. The summed E-state index contributed by atoms with van der Waals surface area (Å²) in [5.41, 5.74) is 1.69. The molecule has 4 rings (SSSR count). The van der Waals surface area contributed by atoms with Crippen LogP contribution in [0.4, 0.5) is 5.69 Å². The Kier molecular flexibility index (Phi) is 6.92. The van der Waals surface area contributed by atoms with E-state index in [-0.39, 0.29) is 18.5 Å². The first-order valence-electron chi connectivity index (χ1n) is 10.6. The van der Waals surface area contributed by atoms with E-state index in [1.165, 1.54) is 0 Å². The van der Waals surface area contributed by atoms with E-state index in [2.05, 4.69) is 15.6 Å². The third-order valence-electron chi connectivity index (χ3n) is 4.93. The molecule has 0 unspecified atom stereocenters. The maximum Gasteiger partial charge on any atom is 0.308 e. The molecule has 0 radical (unpaired) electrons. The standard InChI is InChI=1S/C25H22N4O5/c1-17-10-12-18(13-11-17)34-22-9-5-4-8-21(22)26-23(30)16-33-24(31)14-15-29-25(32)19-6-2-3-7-20(19)27-28-29/h2-13H,14-16H2,1H3,(H,26,30). The summed E-state index contributed by atoms with van der Waals surface area (Å²) in [6.07, 6.45) is -0.132. The first-order valence-corrected chi connectivity index (χ1v) is 10.6. The smallest absolute Gasteiger partial charge is 0.308 e. The zero-order valence-electron chi connectivity index (χ0n) is 18.4. The molecule has 0 aliphatic rings. The molecule has 1 heterocycles. The minimum atomic E-state index is -0.638. The fraction of sp³-hybridized carbons (Fsp3) is 0.160. The number of anilines is 1. The van der Waals surface area contributed by atoms with E-state index in [4.69, 9.17) is 9.47 Å². The largest absolute Gasteiger partial charge is 0.456 e. The van der Waals surface area contributed by atoms with E-state index in [0.717, 1.165) is 10.2 Å². The van der Waals surface area contributed by atoms with Crippen LogP contribution < -0.4 is 15.6 Å². The number of hydrogen-bond donors (Lipinski definition) is 1. The SMILES string of the molecule is Cc1ccc(Oc2ccccc2NC(=O)COC(=O)CCn2nnc3ccccc3c2=O)cc1. The minimum Gasteiger partial charge on any atom is -0.456 e. The lowest BCUT2D eigenvalue weighted by molar-refractivity contribution is -0.147. The molecule has 9 heteroatoms. The van der Waals surface area contributed by atoms with Gasteiger partial charge in [0.25, 0.3) is 11.5 Å². The molecule has 4 aromatic rings. The van der Waals surface area contributed by atoms with Crippen molar-refractivity contribution in [3.05, 3.63) is 88.7 Å². The average molecular weight is 458 g/mol. The normalized spacial score (nSPS) is 10.6. The number of esters is 1. The molecule has 0 fully saturated rings. The van der Waals surface area contributed by atoms with Gasteiger partial charge in [0.05, 0.1) is 24.0 Å². The van der Waals surface area contributed by atoms with Gasteiger partial charge in [-0.1, -0.05) is 47.2 Å². The van der Waals surface area contributed by atoms with Crippen LogP contribution in [0.15, 0.2) is 77.6 Å². The average Bonchev–Trinajstić information content (AvgIpc) is 2.85. The molecular weight excluding hydrogens is 436 g/mol. The summed E-state index contributed by atoms with van der Waals surface area (Å²) < 4.78 is 12.0. The molecule has 1 aromatic heterocycles. The predicted octanol–water partition coefficient (Wildman–Crippen LogP) is 3.46. The van der Waals surface area contributed by atoms with E-state index in [1.807, 2.05) is 31.2 Å². The van der Waals surface area contributed by atoms with Crippen molar-refractivity contribution in [1.82, 2.24) is 15.0 Å². The molecule has 172 valence electrons. The molecule has 0 aliphatic carbocycles. The van der Waals surface area contributed by atoms with Crippen LogP contribution in [-0.2, 0) is 20.9 Å². The molecular formula is C25H22N4O5. The number of nitrogens with zero attached hydrogens (tertiary/aromatic N) is 3. The zero-order valence-corrected chi connectivity index (χ0v) is 18.4. The molecule has 0 aliphatic heterocycles. The number of ether oxygens (including phenoxy) is 2. The summed E-state index contributed by atoms with van der Waals surface area (Å²) in [4.78, 5) is 36.8. The summed E-state index contributed by atoms with van der Waals surface area (Å²) in [5, 5.41) is 10.9. The minimum absolute atomic E-state index is 0.00958. The number of hydrogen-bond acceptors (Lipinski definition) is 7. The van der Waals surface area contributed by atoms with E-state index in [0.29, 0.717) is 28.1 Å². The third-order valence-corrected chi connectivity index (χ3v) is 4.93. The van der Waals surface area contributed by atoms with Gasteiger partial charge in [0.15, 0.2) is 12.4 Å². The fourth-order valence-corrected chi connectivity index (χ4v) is 3.16. The maximum atomic E-state index is 12.4. The van der Waals surface area contributed by atoms with Crippen LogP contribution in [0.5, 0.6) is 11.5 Å². The van der Waals surface area contributed by atoms with E-state index in [1.54, 1.807) is 48.5 Å². The number of carbonyl (C=O) groups excluding carboxylic acids is 2. The highest BCUT2D eigenvalue weighted by molar-refractivity contribution is 5.94. The van der Waals surface area contributed by atoms with Gasteiger partial charge in [-0.2, -0.15) is 0 Å². The highest BCUT2D eigenvalue weighted by atomic mass is 16.5. The van der Waals surface area contributed by atoms with Gasteiger partial charge in [0.1, 0.15) is 11.3 Å². The van der Waals surface area contributed by atoms with Crippen molar-refractivity contribution in [3.63, 3.8) is 0 Å². The van der Waals surface area contributed by atoms with E-state index < -0.39 is 18.5 Å². The molecule has 1 N–H and O–H groups in total. The molecule has 3 aromatic carbocycles. The monoisotopic (exact) mass is 458 g/mol. The van der Waals surface area contributed by atoms with Gasteiger partial charge in [-0.25, -0.2) is 4.68 Å². The second kappa shape index (κ2) is 10.4. The third kappa shape index (κ3) is 5.63. The number of carbonyl (C=O) groups is 2. The summed E-state index contributed by atoms with van der Waals surface area (Å²) in [5.74, 6) is -0.0665. The molecule has 0 bridgehead atoms. The number of aromatic nitrogens is 3. The number of benzene rings is 3. The van der Waals surface area contributed by atoms with Crippen molar-refractivity contribution in [2.75, 3.05) is 11.9 Å². The Morgan fingerprint density at radius 2 is 1.71 bits per heavy atom. The summed E-state index contributed by atoms with van der Waals surface area (Å²) >= 11 is 0. The Hall–Kier alpha value is -4.53. The molecule has 34 heavy (non-hydrogen) atoms. The van der Waals surface area contributed by atoms with Crippen molar-refractivity contribution < 1.29 is 19.1 Å². The van der Waals surface area contributed by atoms with Crippen LogP contribution in [0, 0.1) is 6.92 Å². The Morgan fingerprint density at radius 1 is 0.971 bits per heavy atom. The Morgan fingerprint density at radius 3 is 2.53 bits per heavy atom. The van der Waals surface area contributed by atoms with Crippen molar-refractivity contribution in [2.45, 2.75) is 19.9 Å². The van der Waals surface area contributed by atoms with Gasteiger partial charge in [0, 0.05) is 0 Å². The van der Waals surface area contributed by atoms with Crippen molar-refractivity contribution >= 4 is 28.5 Å². The first-order chi connectivity index (χ1) is 16.5. The predicted molar refractivity (Wildman–Crippen MR) is 126 cm³/mol. The van der Waals surface area contributed by atoms with Gasteiger partial charge < -0.3 is 14.8 Å². The number of fused-ring (bicyclic) bond motifs is 1. The second-order valence-electron chi connectivity index (χ2n) is 7.51. The van der Waals surface area contributed by atoms with Gasteiger partial charge >= 0.3 is 5.97 Å². The second-order valence-corrected chi connectivity index (χ2v) is 7.51. The topological polar surface area (TPSA) is 112 Å². The number of amides is 1. The van der Waals surface area contributed by atoms with Crippen molar-refractivity contribution in [2.24, 2.45) is 0 Å². The lowest BCUT2D eigenvalue weighted by atomic mass is 10.2. The summed E-state index contributed by atoms with van der Waals surface area (Å²) in [7, 11) is 0. The van der Waals surface area contributed by atoms with Crippen LogP contribution in [0.1, 0.15) is 12.0 Å². The van der Waals surface area contributed by atoms with Crippen molar-refractivity contribution in [3.8, 4) is 11.5 Å². The zero-order chi connectivity index (χ0) is 23.9. The molecule has 0 saturated carbocycles. The van der Waals surface area contributed by atoms with E-state index in [9.17, 15) is 14.4 Å². The summed E-state index contributed by atoms with van der Waals surface area (Å²) in [6, 6.07) is 21.3. The Balaban J connectivity index is 1.30. The number of para-hydroxylation sites is 2. The van der Waals surface area contributed by atoms with Crippen LogP contribution in [0.25, 0.3) is 10.9 Å². The molecule has 0 saturated heterocycles. The molecule has 1 amide bonds. The first kappa shape index (κ1) is 22.7. The van der Waals surface area contributed by atoms with Gasteiger partial charge in [-0.3, -0.25) is 14.4 Å². The lowest BCUT2D eigenvalue weighted by Gasteiger charge is -2.12. The van der Waals surface area contributed by atoms with Gasteiger partial charge in [0.2, 0.25) is 0 Å². The number of rotatable bonds is 8. The number of aryl methyl sites for hydroxylation is 2. The van der Waals surface area contributed by atoms with Gasteiger partial charge in [-0.05, 0) is 43.3 Å². The van der Waals surface area contributed by atoms with Crippen LogP contribution in [0.2, 0.25) is 0 Å². The molecule has 0 spiro atoms. The molecule has 9 nitrogen and oxygen atoms in total. The lowest BCUT2D eigenvalue weighted by Crippen LogP contribution is -2.26. The van der Waals surface area contributed by atoms with Crippen LogP contribution in [0.3, 0.4) is 0 Å². The van der Waals surface area contributed by atoms with E-state index >= 15 is 0 Å². The van der Waals surface area contributed by atoms with Crippen molar-refractivity contribution in [1.29, 1.82) is 0 Å². The quantitative estimate of drug-likeness (QED) is 0.402. The summed E-state index contributed by atoms with van der Waals surface area (Å²) in [6.45, 7) is 1.49. The Bertz CT molecular complexity index is 1380. The number of nitrogens with one attached hydrogen (secondary N) is 1. The maximum absolute atomic E-state index is 12.4.